The van der Waals surface area contributed by atoms with Crippen LogP contribution >= 0.6 is 0 Å². The fourth-order valence-electron chi connectivity index (χ4n) is 4.83. The zero-order valence-electron chi connectivity index (χ0n) is 22.7. The average molecular weight is 534 g/mol. The number of Topliss-reactive ketones (excluding diaryl/α,β-unsaturated/α-hetero) is 1. The number of nitrogens with zero attached hydrogens (tertiary/aromatic N) is 3. The molecule has 0 bridgehead atoms. The van der Waals surface area contributed by atoms with Gasteiger partial charge in [0.2, 0.25) is 0 Å². The van der Waals surface area contributed by atoms with Crippen molar-refractivity contribution in [2.24, 2.45) is 0 Å². The van der Waals surface area contributed by atoms with Crippen LogP contribution in [0.25, 0.3) is 5.76 Å². The minimum atomic E-state index is -0.749. The fraction of sp³-hybridized carbons (Fsp3) is 0.182. The first kappa shape index (κ1) is 26.7. The Morgan fingerprint density at radius 1 is 0.925 bits per heavy atom. The van der Waals surface area contributed by atoms with Crippen molar-refractivity contribution in [2.45, 2.75) is 26.1 Å². The van der Waals surface area contributed by atoms with Gasteiger partial charge in [0.05, 0.1) is 11.6 Å². The van der Waals surface area contributed by atoms with Crippen LogP contribution in [0.4, 0.5) is 5.69 Å². The van der Waals surface area contributed by atoms with Gasteiger partial charge in [-0.1, -0.05) is 36.4 Å². The summed E-state index contributed by atoms with van der Waals surface area (Å²) in [5.74, 6) is -0.956. The molecule has 2 heterocycles. The van der Waals surface area contributed by atoms with Crippen LogP contribution in [0.5, 0.6) is 5.75 Å². The Hall–Kier alpha value is -4.91. The van der Waals surface area contributed by atoms with Crippen LogP contribution in [0.3, 0.4) is 0 Å². The number of ether oxygens (including phenoxy) is 1. The maximum Gasteiger partial charge on any atom is 0.295 e. The van der Waals surface area contributed by atoms with Gasteiger partial charge in [0.1, 0.15) is 18.1 Å². The molecule has 0 radical (unpaired) electrons. The van der Waals surface area contributed by atoms with Gasteiger partial charge in [-0.05, 0) is 77.7 Å². The quantitative estimate of drug-likeness (QED) is 0.179. The summed E-state index contributed by atoms with van der Waals surface area (Å²) in [4.78, 5) is 34.2. The summed E-state index contributed by atoms with van der Waals surface area (Å²) in [6, 6.07) is 25.4. The topological polar surface area (TPSA) is 83.0 Å². The van der Waals surface area contributed by atoms with Crippen molar-refractivity contribution in [2.75, 3.05) is 19.0 Å². The standard InChI is InChI=1S/C33H31N3O4/c1-22-6-4-5-7-26(22)21-40-28-14-10-25(11-15-28)31(37)29-30(24-8-12-27(13-9-24)35(2)3)36(33(39)32(29)38)20-23-16-18-34-19-17-23/h4-19,30,37H,20-21H2,1-3H3/b31-29+/t30-/m1/s1. The number of hydrogen-bond donors (Lipinski definition) is 1. The van der Waals surface area contributed by atoms with Crippen molar-refractivity contribution >= 4 is 23.1 Å². The molecule has 3 aromatic carbocycles. The summed E-state index contributed by atoms with van der Waals surface area (Å²) >= 11 is 0. The number of rotatable bonds is 8. The first-order valence-corrected chi connectivity index (χ1v) is 13.1. The zero-order valence-corrected chi connectivity index (χ0v) is 22.7. The number of amides is 1. The second kappa shape index (κ2) is 11.5. The van der Waals surface area contributed by atoms with Crippen molar-refractivity contribution in [1.82, 2.24) is 9.88 Å². The molecule has 1 aromatic heterocycles. The van der Waals surface area contributed by atoms with Crippen LogP contribution in [0, 0.1) is 6.92 Å². The molecule has 1 amide bonds. The summed E-state index contributed by atoms with van der Waals surface area (Å²) in [5, 5.41) is 11.4. The molecular weight excluding hydrogens is 502 g/mol. The summed E-state index contributed by atoms with van der Waals surface area (Å²) in [7, 11) is 3.89. The first-order chi connectivity index (χ1) is 19.3. The Bertz CT molecular complexity index is 1550. The maximum atomic E-state index is 13.4. The normalized spacial score (nSPS) is 16.3. The summed E-state index contributed by atoms with van der Waals surface area (Å²) in [6.45, 7) is 2.66. The summed E-state index contributed by atoms with van der Waals surface area (Å²) in [6.07, 6.45) is 3.30. The zero-order chi connectivity index (χ0) is 28.2. The Kier molecular flexibility index (Phi) is 7.64. The van der Waals surface area contributed by atoms with Crippen molar-refractivity contribution in [3.05, 3.63) is 131 Å². The van der Waals surface area contributed by atoms with E-state index in [2.05, 4.69) is 4.98 Å². The SMILES string of the molecule is Cc1ccccc1COc1ccc(/C(O)=C2\C(=O)C(=O)N(Cc3ccncc3)[C@@H]2c2ccc(N(C)C)cc2)cc1. The maximum absolute atomic E-state index is 13.4. The molecule has 40 heavy (non-hydrogen) atoms. The van der Waals surface area contributed by atoms with E-state index in [4.69, 9.17) is 4.74 Å². The number of aliphatic hydroxyl groups is 1. The molecule has 202 valence electrons. The molecule has 0 spiro atoms. The Morgan fingerprint density at radius 3 is 2.25 bits per heavy atom. The van der Waals surface area contributed by atoms with Crippen LogP contribution < -0.4 is 9.64 Å². The highest BCUT2D eigenvalue weighted by Crippen LogP contribution is 2.40. The summed E-state index contributed by atoms with van der Waals surface area (Å²) < 4.78 is 5.94. The molecule has 0 unspecified atom stereocenters. The van der Waals surface area contributed by atoms with Gasteiger partial charge in [-0.3, -0.25) is 14.6 Å². The van der Waals surface area contributed by atoms with Crippen molar-refractivity contribution in [3.63, 3.8) is 0 Å². The van der Waals surface area contributed by atoms with Crippen LogP contribution in [0.2, 0.25) is 0 Å². The van der Waals surface area contributed by atoms with Crippen LogP contribution in [-0.2, 0) is 22.7 Å². The highest BCUT2D eigenvalue weighted by Gasteiger charge is 2.46. The van der Waals surface area contributed by atoms with Crippen LogP contribution in [0.1, 0.15) is 33.9 Å². The van der Waals surface area contributed by atoms with E-state index in [1.54, 1.807) is 48.8 Å². The molecule has 1 fully saturated rings. The van der Waals surface area contributed by atoms with E-state index in [0.29, 0.717) is 17.9 Å². The van der Waals surface area contributed by atoms with E-state index in [1.165, 1.54) is 4.90 Å². The van der Waals surface area contributed by atoms with E-state index in [-0.39, 0.29) is 17.9 Å². The molecule has 1 N–H and O–H groups in total. The number of hydrogen-bond acceptors (Lipinski definition) is 6. The molecule has 5 rings (SSSR count). The van der Waals surface area contributed by atoms with Gasteiger partial charge in [0.25, 0.3) is 11.7 Å². The van der Waals surface area contributed by atoms with Crippen molar-refractivity contribution in [1.29, 1.82) is 0 Å². The Labute approximate surface area is 234 Å². The largest absolute Gasteiger partial charge is 0.507 e. The lowest BCUT2D eigenvalue weighted by molar-refractivity contribution is -0.140. The van der Waals surface area contributed by atoms with Gasteiger partial charge < -0.3 is 19.6 Å². The van der Waals surface area contributed by atoms with E-state index in [0.717, 1.165) is 27.9 Å². The minimum Gasteiger partial charge on any atom is -0.507 e. The van der Waals surface area contributed by atoms with Gasteiger partial charge in [-0.15, -0.1) is 0 Å². The second-order valence-corrected chi connectivity index (χ2v) is 10.0. The molecule has 4 aromatic rings. The van der Waals surface area contributed by atoms with Gasteiger partial charge in [-0.2, -0.15) is 0 Å². The van der Waals surface area contributed by atoms with E-state index >= 15 is 0 Å². The Morgan fingerprint density at radius 2 is 1.60 bits per heavy atom. The molecule has 1 aliphatic heterocycles. The molecule has 1 saturated heterocycles. The number of likely N-dealkylation sites (tertiary alicyclic amines) is 1. The monoisotopic (exact) mass is 533 g/mol. The number of aliphatic hydroxyl groups excluding tert-OH is 1. The van der Waals surface area contributed by atoms with E-state index in [9.17, 15) is 14.7 Å². The molecular formula is C33H31N3O4. The smallest absolute Gasteiger partial charge is 0.295 e. The molecule has 0 saturated carbocycles. The number of carbonyl (C=O) groups excluding carboxylic acids is 2. The van der Waals surface area contributed by atoms with Gasteiger partial charge in [-0.25, -0.2) is 0 Å². The van der Waals surface area contributed by atoms with Gasteiger partial charge >= 0.3 is 0 Å². The lowest BCUT2D eigenvalue weighted by Gasteiger charge is -2.26. The number of aryl methyl sites for hydroxylation is 1. The first-order valence-electron chi connectivity index (χ1n) is 13.1. The molecule has 1 atom stereocenters. The highest BCUT2D eigenvalue weighted by atomic mass is 16.5. The number of carbonyl (C=O) groups is 2. The fourth-order valence-corrected chi connectivity index (χ4v) is 4.83. The number of aromatic nitrogens is 1. The molecule has 0 aliphatic carbocycles. The third-order valence-corrected chi connectivity index (χ3v) is 7.15. The lowest BCUT2D eigenvalue weighted by atomic mass is 9.95. The number of ketones is 1. The molecule has 7 heteroatoms. The van der Waals surface area contributed by atoms with E-state index < -0.39 is 17.7 Å². The van der Waals surface area contributed by atoms with Gasteiger partial charge in [0.15, 0.2) is 0 Å². The van der Waals surface area contributed by atoms with Crippen LogP contribution in [-0.4, -0.2) is 40.8 Å². The number of pyridine rings is 1. The predicted octanol–water partition coefficient (Wildman–Crippen LogP) is 5.66. The minimum absolute atomic E-state index is 0.0604. The Balaban J connectivity index is 1.48. The third kappa shape index (κ3) is 5.45. The van der Waals surface area contributed by atoms with Crippen molar-refractivity contribution in [3.8, 4) is 5.75 Å². The predicted molar refractivity (Wildman–Crippen MR) is 155 cm³/mol. The molecule has 1 aliphatic rings. The summed E-state index contributed by atoms with van der Waals surface area (Å²) in [5.41, 5.74) is 5.28. The molecule has 7 nitrogen and oxygen atoms in total. The average Bonchev–Trinajstić information content (AvgIpc) is 3.22. The number of benzene rings is 3. The number of anilines is 1. The highest BCUT2D eigenvalue weighted by molar-refractivity contribution is 6.46. The van der Waals surface area contributed by atoms with Crippen LogP contribution in [0.15, 0.2) is 103 Å². The van der Waals surface area contributed by atoms with Gasteiger partial charge in [0, 0.05) is 44.3 Å². The van der Waals surface area contributed by atoms with Crippen molar-refractivity contribution < 1.29 is 19.4 Å². The lowest BCUT2D eigenvalue weighted by Crippen LogP contribution is -2.29. The second-order valence-electron chi connectivity index (χ2n) is 10.0. The third-order valence-electron chi connectivity index (χ3n) is 7.15. The van der Waals surface area contributed by atoms with E-state index in [1.807, 2.05) is 74.4 Å².